The second kappa shape index (κ2) is 12.0. The van der Waals surface area contributed by atoms with Crippen molar-refractivity contribution in [1.82, 2.24) is 4.98 Å². The fourth-order valence-electron chi connectivity index (χ4n) is 5.33. The van der Waals surface area contributed by atoms with Crippen LogP contribution in [0.25, 0.3) is 6.08 Å². The summed E-state index contributed by atoms with van der Waals surface area (Å²) in [6.45, 7) is 11.5. The Morgan fingerprint density at radius 2 is 2.00 bits per heavy atom. The number of ether oxygens (including phenoxy) is 2. The summed E-state index contributed by atoms with van der Waals surface area (Å²) in [5, 5.41) is 24.7. The molecule has 2 aliphatic rings. The van der Waals surface area contributed by atoms with Crippen molar-refractivity contribution in [2.75, 3.05) is 0 Å². The molecule has 0 radical (unpaired) electrons. The van der Waals surface area contributed by atoms with Crippen molar-refractivity contribution in [3.63, 3.8) is 0 Å². The number of Topliss-reactive ketones (excluding diaryl/α,β-unsaturated/α-hetero) is 1. The van der Waals surface area contributed by atoms with Crippen molar-refractivity contribution in [2.24, 2.45) is 23.0 Å². The number of rotatable bonds is 4. The molecule has 3 rings (SSSR count). The lowest BCUT2D eigenvalue weighted by molar-refractivity contribution is -0.154. The van der Waals surface area contributed by atoms with Crippen LogP contribution in [0, 0.1) is 17.3 Å². The van der Waals surface area contributed by atoms with Crippen LogP contribution in [0.15, 0.2) is 11.0 Å². The topological polar surface area (TPSA) is 135 Å². The SMILES string of the molecule is CCC1C(=O)C(C)(C)[C@@H](O)CC(=O)O[C@H](C(C)=Cc2csc(CN)n2)C[C@@H]2O[C@]2(C)CCC[C@H](C)C1O. The smallest absolute Gasteiger partial charge is 0.309 e. The average Bonchev–Trinajstić information content (AvgIpc) is 3.24. The Bertz CT molecular complexity index is 991. The molecule has 0 aliphatic carbocycles. The van der Waals surface area contributed by atoms with Gasteiger partial charge in [0.25, 0.3) is 0 Å². The van der Waals surface area contributed by atoms with Gasteiger partial charge >= 0.3 is 5.97 Å². The molecule has 9 heteroatoms. The fraction of sp³-hybridized carbons (Fsp3) is 0.750. The summed E-state index contributed by atoms with van der Waals surface area (Å²) >= 11 is 1.48. The molecule has 1 aromatic rings. The van der Waals surface area contributed by atoms with Gasteiger partial charge in [-0.05, 0) is 50.7 Å². The summed E-state index contributed by atoms with van der Waals surface area (Å²) in [5.41, 5.74) is 5.75. The highest BCUT2D eigenvalue weighted by Gasteiger charge is 2.53. The first-order valence-corrected chi connectivity index (χ1v) is 14.3. The Kier molecular flexibility index (Phi) is 9.72. The van der Waals surface area contributed by atoms with Gasteiger partial charge in [-0.15, -0.1) is 11.3 Å². The molecule has 4 N–H and O–H groups in total. The lowest BCUT2D eigenvalue weighted by Crippen LogP contribution is -2.46. The number of esters is 1. The maximum atomic E-state index is 13.5. The van der Waals surface area contributed by atoms with E-state index in [-0.39, 0.29) is 29.8 Å². The molecule has 2 aliphatic heterocycles. The third kappa shape index (κ3) is 7.06. The number of hydrogen-bond donors (Lipinski definition) is 3. The number of aliphatic hydroxyl groups is 2. The maximum Gasteiger partial charge on any atom is 0.309 e. The van der Waals surface area contributed by atoms with E-state index in [4.69, 9.17) is 15.2 Å². The predicted octanol–water partition coefficient (Wildman–Crippen LogP) is 4.02. The molecule has 2 fully saturated rings. The Morgan fingerprint density at radius 3 is 2.62 bits per heavy atom. The minimum Gasteiger partial charge on any atom is -0.458 e. The van der Waals surface area contributed by atoms with Crippen molar-refractivity contribution >= 4 is 29.2 Å². The second-order valence-electron chi connectivity index (χ2n) is 11.6. The molecule has 0 amide bonds. The monoisotopic (exact) mass is 536 g/mol. The van der Waals surface area contributed by atoms with Gasteiger partial charge in [0.05, 0.1) is 41.4 Å². The zero-order valence-corrected chi connectivity index (χ0v) is 23.8. The molecule has 2 saturated heterocycles. The van der Waals surface area contributed by atoms with Gasteiger partial charge in [0.1, 0.15) is 16.9 Å². The number of carbonyl (C=O) groups is 2. The van der Waals surface area contributed by atoms with Crippen LogP contribution in [0.2, 0.25) is 0 Å². The van der Waals surface area contributed by atoms with Crippen molar-refractivity contribution in [1.29, 1.82) is 0 Å². The van der Waals surface area contributed by atoms with Gasteiger partial charge in [0.15, 0.2) is 0 Å². The number of thiazole rings is 1. The summed E-state index contributed by atoms with van der Waals surface area (Å²) in [7, 11) is 0. The number of nitrogens with two attached hydrogens (primary N) is 1. The van der Waals surface area contributed by atoms with Gasteiger partial charge in [-0.25, -0.2) is 4.98 Å². The standard InChI is InChI=1S/C28H44N2O6S/c1-7-19-25(33)16(2)9-8-10-28(6)22(36-28)12-20(17(3)11-18-15-37-23(14-29)30-18)35-24(32)13-21(31)27(4,5)26(19)34/h11,15-16,19-22,25,31,33H,7-10,12-14,29H2,1-6H3/t16-,19?,20-,21-,22-,25?,28+/m0/s1. The Morgan fingerprint density at radius 1 is 1.30 bits per heavy atom. The first kappa shape index (κ1) is 29.9. The van der Waals surface area contributed by atoms with Crippen molar-refractivity contribution in [3.05, 3.63) is 21.7 Å². The summed E-state index contributed by atoms with van der Waals surface area (Å²) in [4.78, 5) is 31.0. The lowest BCUT2D eigenvalue weighted by Gasteiger charge is -2.35. The second-order valence-corrected chi connectivity index (χ2v) is 12.5. The quantitative estimate of drug-likeness (QED) is 0.388. The number of aliphatic hydroxyl groups excluding tert-OH is 2. The number of epoxide rings is 1. The predicted molar refractivity (Wildman–Crippen MR) is 144 cm³/mol. The zero-order chi connectivity index (χ0) is 27.5. The molecule has 0 saturated carbocycles. The van der Waals surface area contributed by atoms with E-state index >= 15 is 0 Å². The van der Waals surface area contributed by atoms with E-state index in [0.717, 1.165) is 35.5 Å². The molecule has 37 heavy (non-hydrogen) atoms. The van der Waals surface area contributed by atoms with E-state index in [0.29, 0.717) is 19.4 Å². The van der Waals surface area contributed by atoms with Crippen molar-refractivity contribution < 1.29 is 29.3 Å². The third-order valence-electron chi connectivity index (χ3n) is 8.30. The Labute approximate surface area is 224 Å². The van der Waals surface area contributed by atoms with Crippen molar-refractivity contribution in [2.45, 2.75) is 117 Å². The number of fused-ring (bicyclic) bond motifs is 1. The lowest BCUT2D eigenvalue weighted by atomic mass is 9.71. The van der Waals surface area contributed by atoms with Crippen LogP contribution < -0.4 is 5.73 Å². The van der Waals surface area contributed by atoms with E-state index in [1.54, 1.807) is 13.8 Å². The largest absolute Gasteiger partial charge is 0.458 e. The van der Waals surface area contributed by atoms with E-state index in [1.807, 2.05) is 32.2 Å². The molecule has 0 aromatic carbocycles. The van der Waals surface area contributed by atoms with Gasteiger partial charge in [-0.1, -0.05) is 34.1 Å². The molecular formula is C28H44N2O6S. The number of aromatic nitrogens is 1. The highest BCUT2D eigenvalue weighted by atomic mass is 32.1. The van der Waals surface area contributed by atoms with Gasteiger partial charge in [0.2, 0.25) is 0 Å². The number of cyclic esters (lactones) is 1. The number of carbonyl (C=O) groups excluding carboxylic acids is 2. The van der Waals surface area contributed by atoms with Crippen LogP contribution in [0.4, 0.5) is 0 Å². The van der Waals surface area contributed by atoms with E-state index < -0.39 is 35.6 Å². The molecule has 7 atom stereocenters. The van der Waals surface area contributed by atoms with Crippen LogP contribution in [0.5, 0.6) is 0 Å². The van der Waals surface area contributed by atoms with E-state index in [2.05, 4.69) is 11.9 Å². The molecule has 0 bridgehead atoms. The van der Waals surface area contributed by atoms with Gasteiger partial charge in [0, 0.05) is 24.3 Å². The number of nitrogens with zero attached hydrogens (tertiary/aromatic N) is 1. The van der Waals surface area contributed by atoms with Gasteiger partial charge in [-0.2, -0.15) is 0 Å². The third-order valence-corrected chi connectivity index (χ3v) is 9.19. The maximum absolute atomic E-state index is 13.5. The Balaban J connectivity index is 1.87. The summed E-state index contributed by atoms with van der Waals surface area (Å²) in [5.74, 6) is -1.50. The van der Waals surface area contributed by atoms with Gasteiger partial charge in [-0.3, -0.25) is 9.59 Å². The molecule has 1 aromatic heterocycles. The van der Waals surface area contributed by atoms with Crippen LogP contribution in [-0.4, -0.2) is 57.0 Å². The highest BCUT2D eigenvalue weighted by Crippen LogP contribution is 2.45. The average molecular weight is 537 g/mol. The first-order chi connectivity index (χ1) is 17.3. The van der Waals surface area contributed by atoms with Crippen LogP contribution >= 0.6 is 11.3 Å². The van der Waals surface area contributed by atoms with E-state index in [9.17, 15) is 19.8 Å². The highest BCUT2D eigenvalue weighted by molar-refractivity contribution is 7.09. The summed E-state index contributed by atoms with van der Waals surface area (Å²) < 4.78 is 12.0. The summed E-state index contributed by atoms with van der Waals surface area (Å²) in [6, 6.07) is 0. The minimum atomic E-state index is -1.24. The Hall–Kier alpha value is -1.65. The van der Waals surface area contributed by atoms with Crippen LogP contribution in [0.3, 0.4) is 0 Å². The first-order valence-electron chi connectivity index (χ1n) is 13.4. The molecule has 0 spiro atoms. The van der Waals surface area contributed by atoms with Gasteiger partial charge < -0.3 is 25.4 Å². The number of ketones is 1. The normalized spacial score (nSPS) is 36.1. The van der Waals surface area contributed by atoms with Crippen LogP contribution in [-0.2, 0) is 25.6 Å². The minimum absolute atomic E-state index is 0.0665. The molecular weight excluding hydrogens is 492 g/mol. The van der Waals surface area contributed by atoms with Crippen molar-refractivity contribution in [3.8, 4) is 0 Å². The molecule has 8 nitrogen and oxygen atoms in total. The van der Waals surface area contributed by atoms with Crippen LogP contribution in [0.1, 0.15) is 90.8 Å². The zero-order valence-electron chi connectivity index (χ0n) is 23.0. The van der Waals surface area contributed by atoms with E-state index in [1.165, 1.54) is 11.3 Å². The molecule has 208 valence electrons. The summed E-state index contributed by atoms with van der Waals surface area (Å²) in [6.07, 6.45) is 2.30. The molecule has 3 heterocycles. The fourth-order valence-corrected chi connectivity index (χ4v) is 5.96. The number of hydrogen-bond acceptors (Lipinski definition) is 9. The molecule has 2 unspecified atom stereocenters.